The number of hydrogen-bond donors (Lipinski definition) is 1. The van der Waals surface area contributed by atoms with Crippen LogP contribution < -0.4 is 14.8 Å². The Kier molecular flexibility index (Phi) is 4.92. The molecule has 0 aromatic heterocycles. The number of methoxy groups -OCH3 is 1. The van der Waals surface area contributed by atoms with E-state index >= 15 is 0 Å². The van der Waals surface area contributed by atoms with Gasteiger partial charge >= 0.3 is 0 Å². The first kappa shape index (κ1) is 18.3. The van der Waals surface area contributed by atoms with Crippen LogP contribution in [0.2, 0.25) is 0 Å². The molecular formula is C23H18BrNO3. The number of rotatable bonds is 4. The minimum absolute atomic E-state index is 0.0994. The maximum absolute atomic E-state index is 12.5. The summed E-state index contributed by atoms with van der Waals surface area (Å²) in [6.07, 6.45) is 1.89. The Morgan fingerprint density at radius 2 is 1.71 bits per heavy atom. The van der Waals surface area contributed by atoms with Crippen molar-refractivity contribution in [2.75, 3.05) is 12.4 Å². The molecule has 1 N–H and O–H groups in total. The molecule has 1 aliphatic heterocycles. The van der Waals surface area contributed by atoms with Crippen LogP contribution in [0.1, 0.15) is 16.7 Å². The van der Waals surface area contributed by atoms with Crippen molar-refractivity contribution in [3.63, 3.8) is 0 Å². The van der Waals surface area contributed by atoms with Gasteiger partial charge in [-0.2, -0.15) is 0 Å². The summed E-state index contributed by atoms with van der Waals surface area (Å²) in [4.78, 5) is 12.5. The zero-order chi connectivity index (χ0) is 19.7. The molecule has 1 aliphatic rings. The lowest BCUT2D eigenvalue weighted by atomic mass is 9.99. The molecule has 28 heavy (non-hydrogen) atoms. The van der Waals surface area contributed by atoms with Crippen molar-refractivity contribution in [1.82, 2.24) is 0 Å². The lowest BCUT2D eigenvalue weighted by Crippen LogP contribution is -2.03. The number of hydrogen-bond acceptors (Lipinski definition) is 3. The second-order valence-electron chi connectivity index (χ2n) is 6.46. The summed E-state index contributed by atoms with van der Waals surface area (Å²) in [5.41, 5.74) is 4.34. The molecule has 0 saturated heterocycles. The first-order valence-electron chi connectivity index (χ1n) is 8.79. The topological polar surface area (TPSA) is 47.6 Å². The second kappa shape index (κ2) is 7.52. The predicted octanol–water partition coefficient (Wildman–Crippen LogP) is 6.05. The van der Waals surface area contributed by atoms with Crippen LogP contribution in [0.3, 0.4) is 0 Å². The average molecular weight is 436 g/mol. The van der Waals surface area contributed by atoms with Crippen LogP contribution in [0.25, 0.3) is 11.6 Å². The third-order valence-electron chi connectivity index (χ3n) is 4.63. The van der Waals surface area contributed by atoms with E-state index in [1.54, 1.807) is 7.11 Å². The number of amides is 1. The lowest BCUT2D eigenvalue weighted by molar-refractivity contribution is -0.110. The standard InChI is InChI=1S/C23H18BrNO3/c1-14-20(24)10-11-21-22(14)19(23(26)25-21)13-15-4-3-5-18(12-15)28-17-8-6-16(27-2)7-9-17/h3-13H,1-2H3,(H,25,26). The molecule has 0 aliphatic carbocycles. The Bertz CT molecular complexity index is 1090. The van der Waals surface area contributed by atoms with Gasteiger partial charge in [0.25, 0.3) is 5.91 Å². The summed E-state index contributed by atoms with van der Waals surface area (Å²) in [5, 5.41) is 2.93. The molecule has 0 atom stereocenters. The van der Waals surface area contributed by atoms with E-state index < -0.39 is 0 Å². The lowest BCUT2D eigenvalue weighted by Gasteiger charge is -2.08. The van der Waals surface area contributed by atoms with E-state index in [0.717, 1.165) is 32.6 Å². The smallest absolute Gasteiger partial charge is 0.256 e. The van der Waals surface area contributed by atoms with Gasteiger partial charge in [-0.1, -0.05) is 28.1 Å². The van der Waals surface area contributed by atoms with Crippen molar-refractivity contribution in [1.29, 1.82) is 0 Å². The van der Waals surface area contributed by atoms with Gasteiger partial charge in [0, 0.05) is 21.3 Å². The summed E-state index contributed by atoms with van der Waals surface area (Å²) in [6, 6.07) is 18.9. The highest BCUT2D eigenvalue weighted by Gasteiger charge is 2.26. The van der Waals surface area contributed by atoms with E-state index in [0.29, 0.717) is 17.1 Å². The molecule has 1 amide bonds. The zero-order valence-corrected chi connectivity index (χ0v) is 17.0. The fraction of sp³-hybridized carbons (Fsp3) is 0.0870. The van der Waals surface area contributed by atoms with Gasteiger partial charge in [0.05, 0.1) is 7.11 Å². The molecule has 5 heteroatoms. The fourth-order valence-electron chi connectivity index (χ4n) is 3.19. The number of carbonyl (C=O) groups excluding carboxylic acids is 1. The molecule has 0 fully saturated rings. The second-order valence-corrected chi connectivity index (χ2v) is 7.31. The van der Waals surface area contributed by atoms with Gasteiger partial charge in [0.15, 0.2) is 0 Å². The van der Waals surface area contributed by atoms with Crippen LogP contribution in [-0.4, -0.2) is 13.0 Å². The maximum Gasteiger partial charge on any atom is 0.256 e. The Morgan fingerprint density at radius 1 is 0.964 bits per heavy atom. The molecule has 3 aromatic rings. The van der Waals surface area contributed by atoms with Crippen molar-refractivity contribution in [2.45, 2.75) is 6.92 Å². The number of fused-ring (bicyclic) bond motifs is 1. The molecule has 0 unspecified atom stereocenters. The molecule has 0 saturated carbocycles. The monoisotopic (exact) mass is 435 g/mol. The van der Waals surface area contributed by atoms with Crippen molar-refractivity contribution in [2.24, 2.45) is 0 Å². The van der Waals surface area contributed by atoms with Gasteiger partial charge in [-0.05, 0) is 72.7 Å². The van der Waals surface area contributed by atoms with Crippen LogP contribution in [0, 0.1) is 6.92 Å². The quantitative estimate of drug-likeness (QED) is 0.507. The normalized spacial score (nSPS) is 14.0. The highest BCUT2D eigenvalue weighted by atomic mass is 79.9. The summed E-state index contributed by atoms with van der Waals surface area (Å²) in [5.74, 6) is 2.09. The average Bonchev–Trinajstić information content (AvgIpc) is 3.02. The first-order valence-corrected chi connectivity index (χ1v) is 9.59. The van der Waals surface area contributed by atoms with Crippen molar-refractivity contribution in [3.05, 3.63) is 81.8 Å². The Balaban J connectivity index is 1.65. The van der Waals surface area contributed by atoms with Crippen LogP contribution >= 0.6 is 15.9 Å². The number of benzene rings is 3. The molecule has 1 heterocycles. The van der Waals surface area contributed by atoms with E-state index in [4.69, 9.17) is 9.47 Å². The van der Waals surface area contributed by atoms with Crippen LogP contribution in [0.4, 0.5) is 5.69 Å². The van der Waals surface area contributed by atoms with Gasteiger partial charge in [-0.25, -0.2) is 0 Å². The zero-order valence-electron chi connectivity index (χ0n) is 15.5. The maximum atomic E-state index is 12.5. The van der Waals surface area contributed by atoms with Crippen LogP contribution in [0.15, 0.2) is 65.1 Å². The van der Waals surface area contributed by atoms with Crippen LogP contribution in [-0.2, 0) is 4.79 Å². The van der Waals surface area contributed by atoms with Gasteiger partial charge in [0.1, 0.15) is 17.2 Å². The number of carbonyl (C=O) groups is 1. The minimum Gasteiger partial charge on any atom is -0.497 e. The van der Waals surface area contributed by atoms with Crippen LogP contribution in [0.5, 0.6) is 17.2 Å². The Labute approximate surface area is 171 Å². The molecule has 140 valence electrons. The molecule has 0 bridgehead atoms. The summed E-state index contributed by atoms with van der Waals surface area (Å²) in [7, 11) is 1.63. The van der Waals surface area contributed by atoms with E-state index in [9.17, 15) is 4.79 Å². The van der Waals surface area contributed by atoms with E-state index in [1.807, 2.05) is 73.7 Å². The number of nitrogens with one attached hydrogen (secondary N) is 1. The number of halogens is 1. The van der Waals surface area contributed by atoms with Crippen molar-refractivity contribution in [3.8, 4) is 17.2 Å². The molecule has 4 rings (SSSR count). The summed E-state index contributed by atoms with van der Waals surface area (Å²) >= 11 is 3.55. The van der Waals surface area contributed by atoms with Gasteiger partial charge in [-0.15, -0.1) is 0 Å². The highest BCUT2D eigenvalue weighted by molar-refractivity contribution is 9.10. The largest absolute Gasteiger partial charge is 0.497 e. The van der Waals surface area contributed by atoms with E-state index in [2.05, 4.69) is 21.2 Å². The van der Waals surface area contributed by atoms with E-state index in [1.165, 1.54) is 0 Å². The van der Waals surface area contributed by atoms with Gasteiger partial charge < -0.3 is 14.8 Å². The molecule has 0 radical (unpaired) electrons. The fourth-order valence-corrected chi connectivity index (χ4v) is 3.52. The molecular weight excluding hydrogens is 418 g/mol. The van der Waals surface area contributed by atoms with Gasteiger partial charge in [0.2, 0.25) is 0 Å². The minimum atomic E-state index is -0.0994. The summed E-state index contributed by atoms with van der Waals surface area (Å²) < 4.78 is 12.1. The summed E-state index contributed by atoms with van der Waals surface area (Å²) in [6.45, 7) is 2.00. The highest BCUT2D eigenvalue weighted by Crippen LogP contribution is 2.38. The van der Waals surface area contributed by atoms with E-state index in [-0.39, 0.29) is 5.91 Å². The van der Waals surface area contributed by atoms with Crippen molar-refractivity contribution < 1.29 is 14.3 Å². The molecule has 4 nitrogen and oxygen atoms in total. The molecule has 3 aromatic carbocycles. The van der Waals surface area contributed by atoms with Crippen molar-refractivity contribution >= 4 is 39.2 Å². The van der Waals surface area contributed by atoms with Gasteiger partial charge in [-0.3, -0.25) is 4.79 Å². The SMILES string of the molecule is COc1ccc(Oc2cccc(C=C3C(=O)Nc4ccc(Br)c(C)c43)c2)cc1. The third-order valence-corrected chi connectivity index (χ3v) is 5.48. The molecule has 0 spiro atoms. The Morgan fingerprint density at radius 3 is 2.46 bits per heavy atom. The third kappa shape index (κ3) is 3.53. The number of ether oxygens (including phenoxy) is 2. The first-order chi connectivity index (χ1) is 13.5. The predicted molar refractivity (Wildman–Crippen MR) is 115 cm³/mol. The number of anilines is 1. The Hall–Kier alpha value is -3.05.